The number of nitrogens with two attached hydrogens (primary N) is 1. The van der Waals surface area contributed by atoms with Gasteiger partial charge in [0, 0.05) is 18.2 Å². The largest absolute Gasteiger partial charge is 0.489 e. The van der Waals surface area contributed by atoms with Crippen LogP contribution in [0, 0.1) is 17.6 Å². The van der Waals surface area contributed by atoms with E-state index in [-0.39, 0.29) is 47.4 Å². The van der Waals surface area contributed by atoms with Gasteiger partial charge in [0.25, 0.3) is 5.91 Å². The van der Waals surface area contributed by atoms with Crippen molar-refractivity contribution in [3.63, 3.8) is 0 Å². The molecule has 7 nitrogen and oxygen atoms in total. The highest BCUT2D eigenvalue weighted by atomic mass is 19.3. The second-order valence-electron chi connectivity index (χ2n) is 8.56. The second kappa shape index (κ2) is 11.0. The molecular formula is C25H25F4N3O4. The Morgan fingerprint density at radius 2 is 1.97 bits per heavy atom. The van der Waals surface area contributed by atoms with Crippen LogP contribution >= 0.6 is 0 Å². The van der Waals surface area contributed by atoms with Crippen LogP contribution in [0.1, 0.15) is 47.6 Å². The molecule has 1 fully saturated rings. The zero-order chi connectivity index (χ0) is 25.8. The van der Waals surface area contributed by atoms with E-state index >= 15 is 0 Å². The molecule has 4 rings (SSSR count). The SMILES string of the molecule is C[C@H](N)c1oc(-c2ccc(OC(F)F)c(OCC3CC3)c2)nc1C(=O)NCCc1ccc(F)cc1F. The van der Waals surface area contributed by atoms with E-state index in [1.54, 1.807) is 6.92 Å². The summed E-state index contributed by atoms with van der Waals surface area (Å²) in [4.78, 5) is 17.1. The molecule has 0 unspecified atom stereocenters. The minimum Gasteiger partial charge on any atom is -0.489 e. The van der Waals surface area contributed by atoms with E-state index in [2.05, 4.69) is 15.0 Å². The number of oxazole rings is 1. The molecule has 2 aromatic carbocycles. The fraction of sp³-hybridized carbons (Fsp3) is 0.360. The summed E-state index contributed by atoms with van der Waals surface area (Å²) < 4.78 is 68.5. The average molecular weight is 507 g/mol. The van der Waals surface area contributed by atoms with Gasteiger partial charge in [-0.3, -0.25) is 4.79 Å². The molecule has 0 bridgehead atoms. The van der Waals surface area contributed by atoms with Gasteiger partial charge in [-0.05, 0) is 61.9 Å². The molecule has 1 heterocycles. The van der Waals surface area contributed by atoms with E-state index in [0.717, 1.165) is 25.0 Å². The maximum Gasteiger partial charge on any atom is 0.387 e. The highest BCUT2D eigenvalue weighted by Crippen LogP contribution is 2.37. The Bertz CT molecular complexity index is 1230. The van der Waals surface area contributed by atoms with Gasteiger partial charge in [-0.25, -0.2) is 13.8 Å². The van der Waals surface area contributed by atoms with E-state index in [1.165, 1.54) is 24.3 Å². The Labute approximate surface area is 204 Å². The Balaban J connectivity index is 1.52. The molecule has 192 valence electrons. The van der Waals surface area contributed by atoms with Crippen molar-refractivity contribution in [1.82, 2.24) is 10.3 Å². The predicted molar refractivity (Wildman–Crippen MR) is 122 cm³/mol. The van der Waals surface area contributed by atoms with Crippen molar-refractivity contribution in [1.29, 1.82) is 0 Å². The number of carbonyl (C=O) groups is 1. The first-order chi connectivity index (χ1) is 17.2. The molecule has 36 heavy (non-hydrogen) atoms. The highest BCUT2D eigenvalue weighted by Gasteiger charge is 2.26. The van der Waals surface area contributed by atoms with Crippen LogP contribution in [0.3, 0.4) is 0 Å². The van der Waals surface area contributed by atoms with Gasteiger partial charge in [0.2, 0.25) is 5.89 Å². The monoisotopic (exact) mass is 507 g/mol. The number of hydrogen-bond acceptors (Lipinski definition) is 6. The summed E-state index contributed by atoms with van der Waals surface area (Å²) >= 11 is 0. The van der Waals surface area contributed by atoms with Gasteiger partial charge in [-0.1, -0.05) is 6.07 Å². The van der Waals surface area contributed by atoms with E-state index in [1.807, 2.05) is 0 Å². The molecule has 0 radical (unpaired) electrons. The normalized spacial score (nSPS) is 14.1. The lowest BCUT2D eigenvalue weighted by Crippen LogP contribution is -2.28. The van der Waals surface area contributed by atoms with Crippen LogP contribution in [0.5, 0.6) is 11.5 Å². The molecule has 0 spiro atoms. The average Bonchev–Trinajstić information content (AvgIpc) is 3.54. The number of aromatic nitrogens is 1. The number of halogens is 4. The third kappa shape index (κ3) is 6.34. The quantitative estimate of drug-likeness (QED) is 0.354. The Morgan fingerprint density at radius 3 is 2.64 bits per heavy atom. The predicted octanol–water partition coefficient (Wildman–Crippen LogP) is 5.00. The van der Waals surface area contributed by atoms with Gasteiger partial charge >= 0.3 is 6.61 Å². The number of ether oxygens (including phenoxy) is 2. The van der Waals surface area contributed by atoms with Gasteiger partial charge in [0.1, 0.15) is 11.6 Å². The van der Waals surface area contributed by atoms with E-state index in [4.69, 9.17) is 14.9 Å². The zero-order valence-corrected chi connectivity index (χ0v) is 19.4. The van der Waals surface area contributed by atoms with Crippen molar-refractivity contribution in [2.45, 2.75) is 38.8 Å². The Hall–Kier alpha value is -3.60. The number of nitrogens with zero attached hydrogens (tertiary/aromatic N) is 1. The van der Waals surface area contributed by atoms with Crippen molar-refractivity contribution >= 4 is 5.91 Å². The second-order valence-corrected chi connectivity index (χ2v) is 8.56. The van der Waals surface area contributed by atoms with Crippen LogP contribution in [-0.2, 0) is 6.42 Å². The smallest absolute Gasteiger partial charge is 0.387 e. The summed E-state index contributed by atoms with van der Waals surface area (Å²) in [6.45, 7) is -0.995. The van der Waals surface area contributed by atoms with Crippen LogP contribution in [-0.4, -0.2) is 30.7 Å². The van der Waals surface area contributed by atoms with Gasteiger partial charge in [-0.2, -0.15) is 8.78 Å². The third-order valence-electron chi connectivity index (χ3n) is 5.56. The molecule has 1 atom stereocenters. The summed E-state index contributed by atoms with van der Waals surface area (Å²) in [5, 5.41) is 2.63. The number of amides is 1. The lowest BCUT2D eigenvalue weighted by molar-refractivity contribution is -0.0515. The number of carbonyl (C=O) groups excluding carboxylic acids is 1. The lowest BCUT2D eigenvalue weighted by Gasteiger charge is -2.12. The maximum atomic E-state index is 13.8. The number of hydrogen-bond donors (Lipinski definition) is 2. The molecule has 0 aliphatic heterocycles. The van der Waals surface area contributed by atoms with Gasteiger partial charge in [0.15, 0.2) is 23.0 Å². The molecule has 3 aromatic rings. The summed E-state index contributed by atoms with van der Waals surface area (Å²) in [7, 11) is 0. The fourth-order valence-corrected chi connectivity index (χ4v) is 3.48. The van der Waals surface area contributed by atoms with Crippen LogP contribution in [0.15, 0.2) is 40.8 Å². The molecule has 1 saturated carbocycles. The Morgan fingerprint density at radius 1 is 1.19 bits per heavy atom. The Kier molecular flexibility index (Phi) is 7.78. The molecule has 11 heteroatoms. The standard InChI is InChI=1S/C25H25F4N3O4/c1-13(30)22-21(23(33)31-9-8-15-4-6-17(26)11-18(15)27)32-24(36-22)16-5-7-19(35-25(28)29)20(10-16)34-12-14-2-3-14/h4-7,10-11,13-14,25H,2-3,8-9,12,30H2,1H3,(H,31,33)/t13-/m0/s1. The minimum atomic E-state index is -3.02. The van der Waals surface area contributed by atoms with Crippen molar-refractivity contribution in [3.05, 3.63) is 65.1 Å². The first-order valence-corrected chi connectivity index (χ1v) is 11.4. The molecule has 0 saturated heterocycles. The summed E-state index contributed by atoms with van der Waals surface area (Å²) in [6.07, 6.45) is 2.15. The lowest BCUT2D eigenvalue weighted by atomic mass is 10.1. The van der Waals surface area contributed by atoms with E-state index in [0.29, 0.717) is 18.1 Å². The molecule has 1 aliphatic rings. The number of alkyl halides is 2. The van der Waals surface area contributed by atoms with Crippen LogP contribution in [0.4, 0.5) is 17.6 Å². The van der Waals surface area contributed by atoms with Crippen LogP contribution in [0.25, 0.3) is 11.5 Å². The van der Waals surface area contributed by atoms with Gasteiger partial charge in [0.05, 0.1) is 12.6 Å². The fourth-order valence-electron chi connectivity index (χ4n) is 3.48. The van der Waals surface area contributed by atoms with Gasteiger partial charge < -0.3 is 24.9 Å². The first-order valence-electron chi connectivity index (χ1n) is 11.4. The molecule has 1 amide bonds. The summed E-state index contributed by atoms with van der Waals surface area (Å²) in [5.74, 6) is -1.48. The first kappa shape index (κ1) is 25.5. The van der Waals surface area contributed by atoms with Gasteiger partial charge in [-0.15, -0.1) is 0 Å². The molecule has 3 N–H and O–H groups in total. The zero-order valence-electron chi connectivity index (χ0n) is 19.4. The van der Waals surface area contributed by atoms with E-state index in [9.17, 15) is 22.4 Å². The molecule has 1 aromatic heterocycles. The third-order valence-corrected chi connectivity index (χ3v) is 5.56. The van der Waals surface area contributed by atoms with E-state index < -0.39 is 30.2 Å². The summed E-state index contributed by atoms with van der Waals surface area (Å²) in [6, 6.07) is 6.76. The maximum absolute atomic E-state index is 13.8. The number of benzene rings is 2. The molecular weight excluding hydrogens is 482 g/mol. The molecule has 1 aliphatic carbocycles. The van der Waals surface area contributed by atoms with Crippen LogP contribution in [0.2, 0.25) is 0 Å². The van der Waals surface area contributed by atoms with Crippen molar-refractivity contribution in [2.24, 2.45) is 11.7 Å². The van der Waals surface area contributed by atoms with Crippen molar-refractivity contribution in [2.75, 3.05) is 13.2 Å². The van der Waals surface area contributed by atoms with Crippen molar-refractivity contribution < 1.29 is 36.2 Å². The summed E-state index contributed by atoms with van der Waals surface area (Å²) in [5.41, 5.74) is 6.52. The topological polar surface area (TPSA) is 99.6 Å². The van der Waals surface area contributed by atoms with Crippen LogP contribution < -0.4 is 20.5 Å². The highest BCUT2D eigenvalue weighted by molar-refractivity contribution is 5.94. The number of rotatable bonds is 11. The van der Waals surface area contributed by atoms with Crippen molar-refractivity contribution in [3.8, 4) is 23.0 Å². The number of nitrogens with one attached hydrogen (secondary N) is 1. The minimum absolute atomic E-state index is 0.0388.